The topological polar surface area (TPSA) is 55.8 Å². The van der Waals surface area contributed by atoms with Crippen LogP contribution in [0.15, 0.2) is 16.6 Å². The Morgan fingerprint density at radius 1 is 1.27 bits per heavy atom. The summed E-state index contributed by atoms with van der Waals surface area (Å²) in [6, 6.07) is 0. The molecule has 0 spiro atoms. The molecule has 0 aromatic heterocycles. The molecule has 0 amide bonds. The maximum absolute atomic E-state index is 12.1. The van der Waals surface area contributed by atoms with E-state index in [-0.39, 0.29) is 5.31 Å². The molecule has 0 saturated carbocycles. The molecule has 0 radical (unpaired) electrons. The van der Waals surface area contributed by atoms with E-state index in [4.69, 9.17) is 9.05 Å². The number of hydrogen-bond donors (Lipinski definition) is 1. The molecule has 5 heteroatoms. The normalized spacial score (nSPS) is 12.2. The smallest absolute Gasteiger partial charge is 0.367 e. The molecule has 0 aromatic rings. The Bertz CT molecular complexity index is 320. The molecule has 0 aliphatic heterocycles. The summed E-state index contributed by atoms with van der Waals surface area (Å²) in [7, 11) is -0.871. The summed E-state index contributed by atoms with van der Waals surface area (Å²) in [4.78, 5) is 0. The molecule has 0 aromatic carbocycles. The molecule has 0 fully saturated rings. The van der Waals surface area contributed by atoms with E-state index in [9.17, 15) is 9.67 Å². The van der Waals surface area contributed by atoms with Crippen molar-refractivity contribution in [2.75, 3.05) is 14.2 Å². The lowest BCUT2D eigenvalue weighted by molar-refractivity contribution is 0.121. The van der Waals surface area contributed by atoms with Crippen LogP contribution < -0.4 is 0 Å². The van der Waals surface area contributed by atoms with Crippen LogP contribution in [0.2, 0.25) is 0 Å². The number of hydrogen-bond acceptors (Lipinski definition) is 4. The van der Waals surface area contributed by atoms with Crippen LogP contribution >= 0.6 is 7.60 Å². The van der Waals surface area contributed by atoms with Crippen molar-refractivity contribution >= 4 is 7.60 Å². The van der Waals surface area contributed by atoms with Gasteiger partial charge in [0, 0.05) is 14.2 Å². The molecular weight excluding hydrogens is 215 g/mol. The third kappa shape index (κ3) is 3.94. The second-order valence-corrected chi connectivity index (χ2v) is 6.07. The minimum atomic E-state index is -3.43. The van der Waals surface area contributed by atoms with Gasteiger partial charge in [-0.1, -0.05) is 0 Å². The third-order valence-corrected chi connectivity index (χ3v) is 3.87. The average Bonchev–Trinajstić information content (AvgIpc) is 2.11. The van der Waals surface area contributed by atoms with E-state index < -0.39 is 13.2 Å². The Hall–Kier alpha value is -0.370. The molecule has 0 aliphatic rings. The van der Waals surface area contributed by atoms with E-state index in [2.05, 4.69) is 5.73 Å². The first-order chi connectivity index (χ1) is 6.67. The monoisotopic (exact) mass is 234 g/mol. The molecule has 0 saturated heterocycles. The zero-order valence-electron chi connectivity index (χ0n) is 10.1. The van der Waals surface area contributed by atoms with Crippen molar-refractivity contribution in [1.82, 2.24) is 0 Å². The summed E-state index contributed by atoms with van der Waals surface area (Å²) in [6.07, 6.45) is 0. The van der Waals surface area contributed by atoms with Crippen molar-refractivity contribution in [1.29, 1.82) is 0 Å². The van der Waals surface area contributed by atoms with Gasteiger partial charge in [-0.2, -0.15) is 0 Å². The average molecular weight is 234 g/mol. The van der Waals surface area contributed by atoms with Gasteiger partial charge in [0.1, 0.15) is 5.31 Å². The van der Waals surface area contributed by atoms with Crippen molar-refractivity contribution < 1.29 is 18.7 Å². The third-order valence-electron chi connectivity index (χ3n) is 1.70. The highest BCUT2D eigenvalue weighted by atomic mass is 31.2. The van der Waals surface area contributed by atoms with Gasteiger partial charge in [0.25, 0.3) is 0 Å². The van der Waals surface area contributed by atoms with E-state index in [1.54, 1.807) is 13.8 Å². The van der Waals surface area contributed by atoms with Crippen molar-refractivity contribution in [3.8, 4) is 0 Å². The quantitative estimate of drug-likeness (QED) is 0.600. The van der Waals surface area contributed by atoms with E-state index in [0.717, 1.165) is 5.57 Å². The fourth-order valence-electron chi connectivity index (χ4n) is 1.05. The summed E-state index contributed by atoms with van der Waals surface area (Å²) >= 11 is 0. The fourth-order valence-corrected chi connectivity index (χ4v) is 2.60. The van der Waals surface area contributed by atoms with Crippen molar-refractivity contribution in [3.63, 3.8) is 0 Å². The van der Waals surface area contributed by atoms with Gasteiger partial charge in [0.05, 0.1) is 5.60 Å². The Morgan fingerprint density at radius 2 is 1.67 bits per heavy atom. The predicted molar refractivity (Wildman–Crippen MR) is 59.8 cm³/mol. The van der Waals surface area contributed by atoms with Gasteiger partial charge < -0.3 is 14.2 Å². The number of rotatable bonds is 4. The summed E-state index contributed by atoms with van der Waals surface area (Å²) < 4.78 is 21.8. The standard InChI is InChI=1S/C10H19O4P/c1-8(2)7-9(10(3,4)11)15(12,13-5)14-6/h11H,1-6H3. The van der Waals surface area contributed by atoms with Crippen LogP contribution in [0.1, 0.15) is 27.7 Å². The second kappa shape index (κ2) is 5.11. The molecule has 0 aliphatic carbocycles. The predicted octanol–water partition coefficient (Wildman–Crippen LogP) is 2.69. The lowest BCUT2D eigenvalue weighted by atomic mass is 10.1. The minimum Gasteiger partial charge on any atom is -0.385 e. The fraction of sp³-hybridized carbons (Fsp3) is 0.700. The summed E-state index contributed by atoms with van der Waals surface area (Å²) in [6.45, 7) is 6.62. The van der Waals surface area contributed by atoms with Crippen LogP contribution in [0.5, 0.6) is 0 Å². The molecular formula is C10H19O4P. The molecule has 15 heavy (non-hydrogen) atoms. The minimum absolute atomic E-state index is 0.139. The summed E-state index contributed by atoms with van der Waals surface area (Å²) in [5.74, 6) is 0. The zero-order chi connectivity index (χ0) is 12.3. The van der Waals surface area contributed by atoms with Crippen molar-refractivity contribution in [3.05, 3.63) is 16.6 Å². The molecule has 0 unspecified atom stereocenters. The highest BCUT2D eigenvalue weighted by molar-refractivity contribution is 7.58. The first kappa shape index (κ1) is 14.6. The van der Waals surface area contributed by atoms with Gasteiger partial charge in [-0.05, 0) is 33.3 Å². The first-order valence-electron chi connectivity index (χ1n) is 4.56. The summed E-state index contributed by atoms with van der Waals surface area (Å²) in [5, 5.41) is 10.0. The molecule has 0 bridgehead atoms. The van der Waals surface area contributed by atoms with Crippen LogP contribution in [-0.2, 0) is 13.6 Å². The van der Waals surface area contributed by atoms with Crippen LogP contribution in [0.25, 0.3) is 0 Å². The van der Waals surface area contributed by atoms with Crippen LogP contribution in [0, 0.1) is 0 Å². The lowest BCUT2D eigenvalue weighted by Crippen LogP contribution is -2.22. The van der Waals surface area contributed by atoms with Crippen LogP contribution in [0.3, 0.4) is 0 Å². The Kier molecular flexibility index (Phi) is 4.98. The van der Waals surface area contributed by atoms with Gasteiger partial charge in [0.15, 0.2) is 0 Å². The van der Waals surface area contributed by atoms with E-state index in [1.807, 2.05) is 0 Å². The van der Waals surface area contributed by atoms with E-state index in [1.165, 1.54) is 28.1 Å². The number of aliphatic hydroxyl groups is 1. The molecule has 1 N–H and O–H groups in total. The van der Waals surface area contributed by atoms with Gasteiger partial charge in [-0.25, -0.2) is 0 Å². The van der Waals surface area contributed by atoms with Gasteiger partial charge in [0.2, 0.25) is 0 Å². The highest BCUT2D eigenvalue weighted by Gasteiger charge is 2.37. The highest BCUT2D eigenvalue weighted by Crippen LogP contribution is 2.58. The summed E-state index contributed by atoms with van der Waals surface area (Å²) in [5.41, 5.74) is 2.33. The Labute approximate surface area is 91.1 Å². The van der Waals surface area contributed by atoms with Crippen LogP contribution in [-0.4, -0.2) is 24.9 Å². The molecule has 0 rings (SSSR count). The maximum Gasteiger partial charge on any atom is 0.367 e. The molecule has 4 nitrogen and oxygen atoms in total. The molecule has 0 heterocycles. The SMILES string of the molecule is COP(=O)(OC)C(=C=C(C)C)C(C)(C)O. The van der Waals surface area contributed by atoms with Crippen molar-refractivity contribution in [2.24, 2.45) is 0 Å². The largest absolute Gasteiger partial charge is 0.385 e. The zero-order valence-corrected chi connectivity index (χ0v) is 11.0. The molecule has 0 atom stereocenters. The maximum atomic E-state index is 12.1. The van der Waals surface area contributed by atoms with Gasteiger partial charge in [-0.3, -0.25) is 4.57 Å². The van der Waals surface area contributed by atoms with Gasteiger partial charge >= 0.3 is 7.60 Å². The van der Waals surface area contributed by atoms with Crippen molar-refractivity contribution in [2.45, 2.75) is 33.3 Å². The Morgan fingerprint density at radius 3 is 1.87 bits per heavy atom. The lowest BCUT2D eigenvalue weighted by Gasteiger charge is -2.24. The molecule has 88 valence electrons. The Balaban J connectivity index is 5.75. The van der Waals surface area contributed by atoms with Gasteiger partial charge in [-0.15, -0.1) is 5.73 Å². The van der Waals surface area contributed by atoms with E-state index in [0.29, 0.717) is 0 Å². The first-order valence-corrected chi connectivity index (χ1v) is 6.10. The second-order valence-electron chi connectivity index (χ2n) is 3.90. The van der Waals surface area contributed by atoms with E-state index >= 15 is 0 Å². The van der Waals surface area contributed by atoms with Crippen LogP contribution in [0.4, 0.5) is 0 Å².